The zero-order valence-electron chi connectivity index (χ0n) is 7.16. The van der Waals surface area contributed by atoms with Crippen molar-refractivity contribution >= 4 is 8.80 Å². The Labute approximate surface area is 81.1 Å². The Kier molecular flexibility index (Phi) is 4.16. The molecule has 0 atom stereocenters. The van der Waals surface area contributed by atoms with Gasteiger partial charge in [0, 0.05) is 6.04 Å². The molecule has 1 rings (SSSR count). The van der Waals surface area contributed by atoms with Gasteiger partial charge in [0.15, 0.2) is 0 Å². The monoisotopic (exact) mass is 218 g/mol. The van der Waals surface area contributed by atoms with Gasteiger partial charge < -0.3 is 0 Å². The number of benzene rings is 1. The van der Waals surface area contributed by atoms with Crippen LogP contribution in [-0.4, -0.2) is 24.6 Å². The quantitative estimate of drug-likeness (QED) is 0.390. The summed E-state index contributed by atoms with van der Waals surface area (Å²) in [7, 11) is -3.79. The maximum absolute atomic E-state index is 8.43. The van der Waals surface area contributed by atoms with Crippen LogP contribution in [0.1, 0.15) is 5.56 Å². The van der Waals surface area contributed by atoms with Crippen molar-refractivity contribution in [3.63, 3.8) is 0 Å². The molecule has 1 aromatic carbocycles. The van der Waals surface area contributed by atoms with Crippen molar-refractivity contribution in [3.8, 4) is 0 Å². The van der Waals surface area contributed by atoms with Crippen molar-refractivity contribution in [1.29, 1.82) is 0 Å². The van der Waals surface area contributed by atoms with Gasteiger partial charge in [0.25, 0.3) is 0 Å². The fourth-order valence-corrected chi connectivity index (χ4v) is 2.02. The van der Waals surface area contributed by atoms with Crippen molar-refractivity contribution in [3.05, 3.63) is 35.9 Å². The zero-order valence-corrected chi connectivity index (χ0v) is 8.16. The largest absolute Gasteiger partial charge is 0.588 e. The minimum atomic E-state index is -3.79. The highest BCUT2D eigenvalue weighted by molar-refractivity contribution is 6.59. The van der Waals surface area contributed by atoms with Crippen LogP contribution >= 0.6 is 0 Å². The van der Waals surface area contributed by atoms with Gasteiger partial charge in [-0.3, -0.25) is 15.8 Å². The molecule has 0 fully saturated rings. The van der Waals surface area contributed by atoms with Crippen molar-refractivity contribution < 1.29 is 29.5 Å². The van der Waals surface area contributed by atoms with Gasteiger partial charge in [0.2, 0.25) is 0 Å². The van der Waals surface area contributed by atoms with Crippen LogP contribution in [0.25, 0.3) is 0 Å². The van der Waals surface area contributed by atoms with E-state index < -0.39 is 8.80 Å². The lowest BCUT2D eigenvalue weighted by Gasteiger charge is -2.18. The van der Waals surface area contributed by atoms with Gasteiger partial charge in [0.05, 0.1) is 0 Å². The van der Waals surface area contributed by atoms with Crippen LogP contribution in [0.5, 0.6) is 0 Å². The normalized spacial score (nSPS) is 11.6. The first kappa shape index (κ1) is 11.3. The molecule has 0 unspecified atom stereocenters. The molecule has 7 heteroatoms. The van der Waals surface area contributed by atoms with E-state index in [9.17, 15) is 0 Å². The summed E-state index contributed by atoms with van der Waals surface area (Å²) in [6.45, 7) is 0. The summed E-state index contributed by atoms with van der Waals surface area (Å²) in [5, 5.41) is 25.3. The molecule has 0 spiro atoms. The third-order valence-corrected chi connectivity index (χ3v) is 3.36. The molecule has 6 nitrogen and oxygen atoms in total. The van der Waals surface area contributed by atoms with Crippen LogP contribution in [0.3, 0.4) is 0 Å². The van der Waals surface area contributed by atoms with E-state index in [4.69, 9.17) is 15.8 Å². The average Bonchev–Trinajstić information content (AvgIpc) is 2.28. The second-order valence-electron chi connectivity index (χ2n) is 2.62. The Hall–Kier alpha value is -0.803. The average molecular weight is 218 g/mol. The molecule has 1 aromatic rings. The van der Waals surface area contributed by atoms with E-state index in [1.165, 1.54) is 0 Å². The molecule has 0 aliphatic rings. The number of hydrogen-bond acceptors (Lipinski definition) is 6. The first-order valence-electron chi connectivity index (χ1n) is 3.78. The Morgan fingerprint density at radius 1 is 0.929 bits per heavy atom. The van der Waals surface area contributed by atoms with Crippen molar-refractivity contribution in [2.75, 3.05) is 0 Å². The van der Waals surface area contributed by atoms with Crippen LogP contribution in [0.4, 0.5) is 0 Å². The molecular weight excluding hydrogens is 208 g/mol. The number of hydrogen-bond donors (Lipinski definition) is 3. The highest BCUT2D eigenvalue weighted by atomic mass is 28.4. The molecular formula is C7H10O6Si. The first-order valence-corrected chi connectivity index (χ1v) is 5.71. The van der Waals surface area contributed by atoms with Gasteiger partial charge in [-0.1, -0.05) is 30.3 Å². The van der Waals surface area contributed by atoms with Crippen LogP contribution < -0.4 is 0 Å². The molecule has 3 N–H and O–H groups in total. The van der Waals surface area contributed by atoms with E-state index in [1.54, 1.807) is 30.3 Å². The topological polar surface area (TPSA) is 88.4 Å². The summed E-state index contributed by atoms with van der Waals surface area (Å²) in [5.41, 5.74) is 0.691. The van der Waals surface area contributed by atoms with E-state index >= 15 is 0 Å². The van der Waals surface area contributed by atoms with Crippen molar-refractivity contribution in [2.45, 2.75) is 6.04 Å². The summed E-state index contributed by atoms with van der Waals surface area (Å²) in [6.07, 6.45) is 0. The molecule has 0 aliphatic heterocycles. The van der Waals surface area contributed by atoms with Gasteiger partial charge in [-0.25, -0.2) is 13.7 Å². The lowest BCUT2D eigenvalue weighted by molar-refractivity contribution is -0.318. The molecule has 0 bridgehead atoms. The highest BCUT2D eigenvalue weighted by Crippen LogP contribution is 2.13. The fraction of sp³-hybridized carbons (Fsp3) is 0.143. The Balaban J connectivity index is 2.74. The summed E-state index contributed by atoms with van der Waals surface area (Å²) >= 11 is 0. The minimum absolute atomic E-state index is 0.0443. The van der Waals surface area contributed by atoms with Gasteiger partial charge >= 0.3 is 8.80 Å². The molecule has 0 heterocycles. The van der Waals surface area contributed by atoms with Crippen LogP contribution in [0.2, 0.25) is 0 Å². The summed E-state index contributed by atoms with van der Waals surface area (Å²) in [5.74, 6) is 0. The summed E-state index contributed by atoms with van der Waals surface area (Å²) in [4.78, 5) is 0. The minimum Gasteiger partial charge on any atom is -0.258 e. The molecule has 14 heavy (non-hydrogen) atoms. The maximum atomic E-state index is 8.43. The van der Waals surface area contributed by atoms with E-state index in [1.807, 2.05) is 0 Å². The second-order valence-corrected chi connectivity index (χ2v) is 4.89. The Morgan fingerprint density at radius 3 is 1.86 bits per heavy atom. The van der Waals surface area contributed by atoms with Gasteiger partial charge in [-0.05, 0) is 5.56 Å². The molecule has 0 saturated carbocycles. The predicted molar refractivity (Wildman–Crippen MR) is 47.0 cm³/mol. The summed E-state index contributed by atoms with van der Waals surface area (Å²) < 4.78 is 11.5. The fourth-order valence-electron chi connectivity index (χ4n) is 0.993. The maximum Gasteiger partial charge on any atom is 0.588 e. The molecule has 0 amide bonds. The van der Waals surface area contributed by atoms with E-state index in [2.05, 4.69) is 13.7 Å². The second kappa shape index (κ2) is 5.17. The SMILES string of the molecule is OO[Si](Cc1ccccc1)(OO)OO. The van der Waals surface area contributed by atoms with Crippen LogP contribution in [0, 0.1) is 0 Å². The lowest BCUT2D eigenvalue weighted by atomic mass is 10.2. The van der Waals surface area contributed by atoms with Gasteiger partial charge in [-0.2, -0.15) is 0 Å². The summed E-state index contributed by atoms with van der Waals surface area (Å²) in [6, 6.07) is 8.67. The molecule has 0 radical (unpaired) electrons. The lowest BCUT2D eigenvalue weighted by Crippen LogP contribution is -2.46. The third kappa shape index (κ3) is 2.59. The first-order chi connectivity index (χ1) is 6.76. The Bertz CT molecular complexity index is 254. The van der Waals surface area contributed by atoms with Crippen LogP contribution in [0.15, 0.2) is 30.3 Å². The molecule has 0 aliphatic carbocycles. The Morgan fingerprint density at radius 2 is 1.43 bits per heavy atom. The van der Waals surface area contributed by atoms with E-state index in [-0.39, 0.29) is 6.04 Å². The zero-order chi connectivity index (χ0) is 10.4. The van der Waals surface area contributed by atoms with Crippen LogP contribution in [-0.2, 0) is 19.8 Å². The predicted octanol–water partition coefficient (Wildman–Crippen LogP) is 1.18. The molecule has 0 saturated heterocycles. The van der Waals surface area contributed by atoms with E-state index in [0.29, 0.717) is 5.56 Å². The molecule has 0 aromatic heterocycles. The highest BCUT2D eigenvalue weighted by Gasteiger charge is 2.44. The third-order valence-electron chi connectivity index (χ3n) is 1.68. The van der Waals surface area contributed by atoms with E-state index in [0.717, 1.165) is 0 Å². The smallest absolute Gasteiger partial charge is 0.258 e. The van der Waals surface area contributed by atoms with Crippen molar-refractivity contribution in [1.82, 2.24) is 0 Å². The standard InChI is InChI=1S/C7H10O6Si/c8-11-14(12-9,13-10)6-7-4-2-1-3-5-7/h1-5,8-10H,6H2. The van der Waals surface area contributed by atoms with Gasteiger partial charge in [0.1, 0.15) is 0 Å². The van der Waals surface area contributed by atoms with Gasteiger partial charge in [-0.15, -0.1) is 0 Å². The number of rotatable bonds is 5. The van der Waals surface area contributed by atoms with Crippen molar-refractivity contribution in [2.24, 2.45) is 0 Å². The molecule has 78 valence electrons.